The van der Waals surface area contributed by atoms with Crippen LogP contribution < -0.4 is 0 Å². The van der Waals surface area contributed by atoms with E-state index in [-0.39, 0.29) is 5.60 Å². The fourth-order valence-corrected chi connectivity index (χ4v) is 9.22. The molecule has 5 rings (SSSR count). The van der Waals surface area contributed by atoms with Gasteiger partial charge in [-0.25, -0.2) is 4.98 Å². The van der Waals surface area contributed by atoms with Crippen LogP contribution in [0.3, 0.4) is 0 Å². The lowest BCUT2D eigenvalue weighted by molar-refractivity contribution is -0.108. The summed E-state index contributed by atoms with van der Waals surface area (Å²) in [4.78, 5) is 4.28. The number of rotatable bonds is 5. The van der Waals surface area contributed by atoms with Gasteiger partial charge in [-0.05, 0) is 130 Å². The Morgan fingerprint density at radius 1 is 1.06 bits per heavy atom. The molecular weight excluding hydrogens is 392 g/mol. The Kier molecular flexibility index (Phi) is 6.12. The van der Waals surface area contributed by atoms with Crippen molar-refractivity contribution in [1.29, 1.82) is 5.26 Å². The Balaban J connectivity index is 1.23. The van der Waals surface area contributed by atoms with Gasteiger partial charge in [0.05, 0.1) is 5.60 Å². The molecule has 3 heteroatoms. The van der Waals surface area contributed by atoms with E-state index in [9.17, 15) is 5.11 Å². The first-order valence-electron chi connectivity index (χ1n) is 13.5. The lowest BCUT2D eigenvalue weighted by Crippen LogP contribution is -2.51. The Morgan fingerprint density at radius 3 is 2.66 bits per heavy atom. The van der Waals surface area contributed by atoms with Gasteiger partial charge in [0.15, 0.2) is 0 Å². The van der Waals surface area contributed by atoms with Crippen molar-refractivity contribution in [3.63, 3.8) is 0 Å². The summed E-state index contributed by atoms with van der Waals surface area (Å²) >= 11 is 0. The number of aromatic nitrogens is 1. The van der Waals surface area contributed by atoms with E-state index in [1.54, 1.807) is 0 Å². The van der Waals surface area contributed by atoms with Gasteiger partial charge in [-0.3, -0.25) is 0 Å². The van der Waals surface area contributed by atoms with Crippen LogP contribution >= 0.6 is 0 Å². The maximum absolute atomic E-state index is 11.1. The fourth-order valence-electron chi connectivity index (χ4n) is 9.22. The van der Waals surface area contributed by atoms with Gasteiger partial charge in [0.2, 0.25) is 0 Å². The molecule has 8 atom stereocenters. The molecule has 0 radical (unpaired) electrons. The molecule has 0 bridgehead atoms. The summed E-state index contributed by atoms with van der Waals surface area (Å²) in [6, 6.07) is 6.09. The van der Waals surface area contributed by atoms with Gasteiger partial charge in [0.25, 0.3) is 0 Å². The third-order valence-corrected chi connectivity index (χ3v) is 10.7. The maximum atomic E-state index is 11.1. The third kappa shape index (κ3) is 3.91. The van der Waals surface area contributed by atoms with E-state index in [1.807, 2.05) is 12.3 Å². The van der Waals surface area contributed by atoms with Crippen molar-refractivity contribution in [3.8, 4) is 6.07 Å². The van der Waals surface area contributed by atoms with Crippen molar-refractivity contribution in [1.82, 2.24) is 4.98 Å². The van der Waals surface area contributed by atoms with E-state index in [2.05, 4.69) is 31.0 Å². The van der Waals surface area contributed by atoms with E-state index in [1.165, 1.54) is 56.9 Å². The van der Waals surface area contributed by atoms with E-state index < -0.39 is 0 Å². The third-order valence-electron chi connectivity index (χ3n) is 10.7. The molecule has 0 aliphatic heterocycles. The van der Waals surface area contributed by atoms with Crippen LogP contribution in [0.2, 0.25) is 0 Å². The highest BCUT2D eigenvalue weighted by Gasteiger charge is 2.57. The quantitative estimate of drug-likeness (QED) is 0.562. The molecule has 0 unspecified atom stereocenters. The molecule has 4 aliphatic carbocycles. The van der Waals surface area contributed by atoms with Crippen molar-refractivity contribution in [2.45, 2.75) is 103 Å². The summed E-state index contributed by atoms with van der Waals surface area (Å²) in [6.45, 7) is 4.85. The summed E-state index contributed by atoms with van der Waals surface area (Å²) in [6.07, 6.45) is 18.3. The normalized spacial score (nSPS) is 43.1. The largest absolute Gasteiger partial charge is 0.390 e. The molecule has 1 N–H and O–H groups in total. The highest BCUT2D eigenvalue weighted by Crippen LogP contribution is 2.65. The number of nitriles is 1. The molecule has 1 heterocycles. The van der Waals surface area contributed by atoms with Gasteiger partial charge in [-0.1, -0.05) is 26.3 Å². The predicted molar refractivity (Wildman–Crippen MR) is 128 cm³/mol. The summed E-state index contributed by atoms with van der Waals surface area (Å²) in [7, 11) is 0. The van der Waals surface area contributed by atoms with Gasteiger partial charge in [-0.15, -0.1) is 0 Å². The highest BCUT2D eigenvalue weighted by molar-refractivity contribution is 5.23. The number of aryl methyl sites for hydroxylation is 1. The zero-order chi connectivity index (χ0) is 22.3. The van der Waals surface area contributed by atoms with Gasteiger partial charge >= 0.3 is 0 Å². The Labute approximate surface area is 195 Å². The second-order valence-corrected chi connectivity index (χ2v) is 12.2. The van der Waals surface area contributed by atoms with Gasteiger partial charge in [0, 0.05) is 6.20 Å². The predicted octanol–water partition coefficient (Wildman–Crippen LogP) is 6.69. The van der Waals surface area contributed by atoms with Crippen molar-refractivity contribution in [2.75, 3.05) is 0 Å². The Bertz CT molecular complexity index is 844. The fraction of sp³-hybridized carbons (Fsp3) is 0.793. The molecule has 4 saturated carbocycles. The van der Waals surface area contributed by atoms with Crippen LogP contribution in [-0.4, -0.2) is 15.7 Å². The molecule has 4 aliphatic rings. The summed E-state index contributed by atoms with van der Waals surface area (Å²) < 4.78 is 0. The minimum Gasteiger partial charge on any atom is -0.390 e. The molecule has 1 aromatic rings. The van der Waals surface area contributed by atoms with Crippen LogP contribution in [0.5, 0.6) is 0 Å². The van der Waals surface area contributed by atoms with Crippen LogP contribution in [0.4, 0.5) is 0 Å². The lowest BCUT2D eigenvalue weighted by Gasteiger charge is -2.57. The molecule has 0 amide bonds. The molecule has 4 fully saturated rings. The maximum Gasteiger partial charge on any atom is 0.140 e. The first-order valence-corrected chi connectivity index (χ1v) is 13.5. The molecule has 3 nitrogen and oxygen atoms in total. The van der Waals surface area contributed by atoms with Crippen molar-refractivity contribution >= 4 is 0 Å². The number of fused-ring (bicyclic) bond motifs is 5. The van der Waals surface area contributed by atoms with E-state index in [4.69, 9.17) is 5.26 Å². The number of hydrogen-bond acceptors (Lipinski definition) is 3. The van der Waals surface area contributed by atoms with E-state index in [0.29, 0.717) is 11.1 Å². The minimum absolute atomic E-state index is 0.356. The summed E-state index contributed by atoms with van der Waals surface area (Å²) in [5.41, 5.74) is 1.97. The smallest absolute Gasteiger partial charge is 0.140 e. The second-order valence-electron chi connectivity index (χ2n) is 12.2. The SMILES string of the molecule is CCC[C@@]1(O)CC[C@H]2[C@H](CC[C@@H]3[C@@H]2CC[C@]2(C)[C@@H](CCc4ccc(C#N)nc4)CC[C@@H]32)C1. The molecule has 0 spiro atoms. The summed E-state index contributed by atoms with van der Waals surface area (Å²) in [5.74, 6) is 5.30. The number of nitrogens with zero attached hydrogens (tertiary/aromatic N) is 2. The topological polar surface area (TPSA) is 56.9 Å². The zero-order valence-electron chi connectivity index (χ0n) is 20.2. The molecule has 0 aromatic carbocycles. The molecule has 0 saturated heterocycles. The van der Waals surface area contributed by atoms with Crippen molar-refractivity contribution < 1.29 is 5.11 Å². The van der Waals surface area contributed by atoms with Gasteiger partial charge in [-0.2, -0.15) is 5.26 Å². The summed E-state index contributed by atoms with van der Waals surface area (Å²) in [5, 5.41) is 20.1. The van der Waals surface area contributed by atoms with Crippen molar-refractivity contribution in [3.05, 3.63) is 29.6 Å². The molecule has 1 aromatic heterocycles. The van der Waals surface area contributed by atoms with Crippen LogP contribution in [0.1, 0.15) is 102 Å². The van der Waals surface area contributed by atoms with Crippen LogP contribution in [-0.2, 0) is 6.42 Å². The minimum atomic E-state index is -0.356. The molecule has 32 heavy (non-hydrogen) atoms. The number of pyridine rings is 1. The highest BCUT2D eigenvalue weighted by atomic mass is 16.3. The number of hydrogen-bond donors (Lipinski definition) is 1. The molecule has 174 valence electrons. The lowest BCUT2D eigenvalue weighted by atomic mass is 9.48. The Hall–Kier alpha value is -1.40. The molecular formula is C29H42N2O. The van der Waals surface area contributed by atoms with Crippen LogP contribution in [0.15, 0.2) is 18.3 Å². The van der Waals surface area contributed by atoms with Gasteiger partial charge < -0.3 is 5.11 Å². The van der Waals surface area contributed by atoms with E-state index in [0.717, 1.165) is 67.6 Å². The average molecular weight is 435 g/mol. The zero-order valence-corrected chi connectivity index (χ0v) is 20.2. The van der Waals surface area contributed by atoms with E-state index >= 15 is 0 Å². The first-order chi connectivity index (χ1) is 15.5. The van der Waals surface area contributed by atoms with Crippen molar-refractivity contribution in [2.24, 2.45) is 40.9 Å². The second kappa shape index (κ2) is 8.75. The standard InChI is InChI=1S/C29H42N2O/c1-3-14-29(32)16-13-24-21(17-29)6-10-26-25(24)12-15-28(2)22(8-11-27(26)28)7-4-20-5-9-23(18-30)31-19-20/h5,9,19,21-22,24-27,32H,3-4,6-8,10-17H2,1-2H3/t21-,22+,24+,25-,26-,27+,28-,29-/m1/s1. The monoisotopic (exact) mass is 434 g/mol. The van der Waals surface area contributed by atoms with Crippen LogP contribution in [0.25, 0.3) is 0 Å². The van der Waals surface area contributed by atoms with Gasteiger partial charge in [0.1, 0.15) is 11.8 Å². The van der Waals surface area contributed by atoms with Crippen LogP contribution in [0, 0.1) is 52.3 Å². The number of aliphatic hydroxyl groups is 1. The average Bonchev–Trinajstić information content (AvgIpc) is 3.14. The first kappa shape index (κ1) is 22.4. The Morgan fingerprint density at radius 2 is 1.91 bits per heavy atom.